The normalized spacial score (nSPS) is 19.8. The maximum Gasteiger partial charge on any atom is 0.410 e. The first kappa shape index (κ1) is 25.3. The highest BCUT2D eigenvalue weighted by Crippen LogP contribution is 2.28. The van der Waals surface area contributed by atoms with Crippen molar-refractivity contribution in [1.82, 2.24) is 4.90 Å². The van der Waals surface area contributed by atoms with E-state index in [1.807, 2.05) is 0 Å². The van der Waals surface area contributed by atoms with Crippen molar-refractivity contribution in [3.8, 4) is 5.75 Å². The van der Waals surface area contributed by atoms with Crippen molar-refractivity contribution in [2.45, 2.75) is 44.1 Å². The fraction of sp³-hybridized carbons (Fsp3) is 0.524. The number of benzene rings is 1. The minimum absolute atomic E-state index is 0.0958. The number of amides is 1. The quantitative estimate of drug-likeness (QED) is 0.609. The smallest absolute Gasteiger partial charge is 0.410 e. The Kier molecular flexibility index (Phi) is 7.27. The van der Waals surface area contributed by atoms with Gasteiger partial charge in [0, 0.05) is 36.7 Å². The van der Waals surface area contributed by atoms with Crippen LogP contribution in [0.2, 0.25) is 0 Å². The molecule has 0 saturated carbocycles. The number of carbonyl (C=O) groups excluding carboxylic acids is 1. The molecule has 1 saturated heterocycles. The first-order valence-corrected chi connectivity index (χ1v) is 13.3. The van der Waals surface area contributed by atoms with Gasteiger partial charge in [0.1, 0.15) is 28.0 Å². The number of hydrogen-bond acceptors (Lipinski definition) is 7. The number of sulfone groups is 1. The van der Waals surface area contributed by atoms with Gasteiger partial charge in [0.05, 0.1) is 16.5 Å². The molecule has 8 nitrogen and oxygen atoms in total. The van der Waals surface area contributed by atoms with Gasteiger partial charge in [0.15, 0.2) is 21.4 Å². The summed E-state index contributed by atoms with van der Waals surface area (Å²) in [5.74, 6) is -2.73. The van der Waals surface area contributed by atoms with Crippen molar-refractivity contribution >= 4 is 31.8 Å². The van der Waals surface area contributed by atoms with Crippen LogP contribution in [0.15, 0.2) is 33.1 Å². The molecule has 1 aromatic rings. The lowest BCUT2D eigenvalue weighted by Crippen LogP contribution is -2.43. The summed E-state index contributed by atoms with van der Waals surface area (Å²) in [7, 11) is -5.41. The monoisotopic (exact) mass is 504 g/mol. The van der Waals surface area contributed by atoms with E-state index in [1.165, 1.54) is 5.41 Å². The number of ether oxygens (including phenoxy) is 2. The second kappa shape index (κ2) is 9.49. The lowest BCUT2D eigenvalue weighted by Gasteiger charge is -2.33. The number of piperidine rings is 1. The van der Waals surface area contributed by atoms with Crippen molar-refractivity contribution in [3.63, 3.8) is 0 Å². The molecule has 12 heteroatoms. The minimum atomic E-state index is -3.93. The van der Waals surface area contributed by atoms with Gasteiger partial charge < -0.3 is 14.4 Å². The van der Waals surface area contributed by atoms with Crippen LogP contribution in [0.1, 0.15) is 33.6 Å². The molecule has 0 aliphatic carbocycles. The summed E-state index contributed by atoms with van der Waals surface area (Å²) in [5, 5.41) is 1.84. The van der Waals surface area contributed by atoms with Crippen molar-refractivity contribution in [2.75, 3.05) is 26.0 Å². The lowest BCUT2D eigenvalue weighted by molar-refractivity contribution is 0.0202. The molecular weight excluding hydrogens is 478 g/mol. The summed E-state index contributed by atoms with van der Waals surface area (Å²) in [6, 6.07) is 1.23. The van der Waals surface area contributed by atoms with Crippen molar-refractivity contribution in [1.29, 1.82) is 0 Å². The highest BCUT2D eigenvalue weighted by atomic mass is 32.2. The Morgan fingerprint density at radius 2 is 1.85 bits per heavy atom. The van der Waals surface area contributed by atoms with E-state index in [0.29, 0.717) is 48.8 Å². The molecule has 0 radical (unpaired) electrons. The zero-order chi connectivity index (χ0) is 24.6. The average Bonchev–Trinajstić information content (AvgIpc) is 3.07. The van der Waals surface area contributed by atoms with Crippen LogP contribution in [0.25, 0.3) is 0 Å². The summed E-state index contributed by atoms with van der Waals surface area (Å²) in [4.78, 5) is 17.4. The Hall–Kier alpha value is -2.34. The van der Waals surface area contributed by atoms with Crippen LogP contribution < -0.4 is 4.74 Å². The third kappa shape index (κ3) is 6.38. The maximum atomic E-state index is 14.2. The van der Waals surface area contributed by atoms with Crippen molar-refractivity contribution < 1.29 is 35.7 Å². The number of rotatable bonds is 5. The first-order valence-electron chi connectivity index (χ1n) is 10.2. The molecule has 0 aromatic heterocycles. The molecule has 2 aliphatic heterocycles. The molecule has 0 N–H and O–H groups in total. The standard InChI is InChI=1S/C21H26F2N2O6S2/c1-21(2,3)31-20(26)25-7-5-13(6-8-25)19-24-14(12-32(19)27)11-30-17-9-16(23)18(10-15(17)22)33(4,28)29/h9-10,12-13H,5-8,11H2,1-4H3. The van der Waals surface area contributed by atoms with Gasteiger partial charge in [-0.1, -0.05) is 0 Å². The lowest BCUT2D eigenvalue weighted by atomic mass is 9.98. The molecule has 1 unspecified atom stereocenters. The molecule has 1 atom stereocenters. The van der Waals surface area contributed by atoms with E-state index >= 15 is 0 Å². The van der Waals surface area contributed by atoms with Gasteiger partial charge in [0.2, 0.25) is 0 Å². The van der Waals surface area contributed by atoms with Crippen LogP contribution in [-0.4, -0.2) is 60.2 Å². The summed E-state index contributed by atoms with van der Waals surface area (Å²) in [5.41, 5.74) is -0.290. The molecule has 1 amide bonds. The van der Waals surface area contributed by atoms with E-state index in [4.69, 9.17) is 9.47 Å². The van der Waals surface area contributed by atoms with Crippen LogP contribution in [0.5, 0.6) is 5.75 Å². The highest BCUT2D eigenvalue weighted by molar-refractivity contribution is 8.03. The van der Waals surface area contributed by atoms with Gasteiger partial charge in [-0.2, -0.15) is 0 Å². The number of carbonyl (C=O) groups is 1. The molecule has 2 aliphatic rings. The van der Waals surface area contributed by atoms with Gasteiger partial charge in [-0.05, 0) is 39.7 Å². The zero-order valence-corrected chi connectivity index (χ0v) is 20.4. The Morgan fingerprint density at radius 3 is 2.42 bits per heavy atom. The van der Waals surface area contributed by atoms with Gasteiger partial charge >= 0.3 is 6.09 Å². The fourth-order valence-electron chi connectivity index (χ4n) is 3.41. The Balaban J connectivity index is 1.60. The number of nitrogens with zero attached hydrogens (tertiary/aromatic N) is 2. The fourth-order valence-corrected chi connectivity index (χ4v) is 5.40. The molecule has 0 spiro atoms. The van der Waals surface area contributed by atoms with Gasteiger partial charge in [-0.25, -0.2) is 31.2 Å². The largest absolute Gasteiger partial charge is 0.484 e. The van der Waals surface area contributed by atoms with Crippen LogP contribution in [0.3, 0.4) is 0 Å². The highest BCUT2D eigenvalue weighted by Gasteiger charge is 2.32. The summed E-state index contributed by atoms with van der Waals surface area (Å²) in [6.45, 7) is 6.01. The Morgan fingerprint density at radius 1 is 1.21 bits per heavy atom. The number of hydrogen-bond donors (Lipinski definition) is 0. The predicted molar refractivity (Wildman–Crippen MR) is 119 cm³/mol. The second-order valence-corrected chi connectivity index (χ2v) is 12.1. The summed E-state index contributed by atoms with van der Waals surface area (Å²) in [6.07, 6.45) is 1.52. The van der Waals surface area contributed by atoms with Crippen LogP contribution in [-0.2, 0) is 25.4 Å². The minimum Gasteiger partial charge on any atom is -0.484 e. The van der Waals surface area contributed by atoms with E-state index in [2.05, 4.69) is 4.99 Å². The Labute approximate surface area is 194 Å². The topological polar surface area (TPSA) is 102 Å². The third-order valence-electron chi connectivity index (χ3n) is 4.96. The molecule has 3 rings (SSSR count). The van der Waals surface area contributed by atoms with Crippen molar-refractivity contribution in [3.05, 3.63) is 34.9 Å². The van der Waals surface area contributed by atoms with Crippen LogP contribution >= 0.6 is 0 Å². The van der Waals surface area contributed by atoms with Crippen LogP contribution in [0.4, 0.5) is 13.6 Å². The van der Waals surface area contributed by atoms with E-state index in [1.54, 1.807) is 25.7 Å². The zero-order valence-electron chi connectivity index (χ0n) is 18.8. The average molecular weight is 505 g/mol. The molecule has 1 fully saturated rings. The molecule has 1 aromatic carbocycles. The summed E-state index contributed by atoms with van der Waals surface area (Å²) < 4.78 is 74.3. The van der Waals surface area contributed by atoms with Gasteiger partial charge in [-0.15, -0.1) is 0 Å². The maximum absolute atomic E-state index is 14.2. The predicted octanol–water partition coefficient (Wildman–Crippen LogP) is 3.40. The molecule has 2 heterocycles. The summed E-state index contributed by atoms with van der Waals surface area (Å²) >= 11 is 0. The Bertz CT molecular complexity index is 1130. The molecule has 33 heavy (non-hydrogen) atoms. The van der Waals surface area contributed by atoms with E-state index in [-0.39, 0.29) is 12.5 Å². The van der Waals surface area contributed by atoms with Crippen LogP contribution in [0, 0.1) is 17.6 Å². The molecular formula is C21H26F2N2O6S2. The number of aliphatic imine (C=N–C) groups is 1. The number of likely N-dealkylation sites (tertiary alicyclic amines) is 1. The van der Waals surface area contributed by atoms with Gasteiger partial charge in [0.25, 0.3) is 0 Å². The molecule has 0 bridgehead atoms. The van der Waals surface area contributed by atoms with E-state index in [0.717, 1.165) is 6.26 Å². The van der Waals surface area contributed by atoms with E-state index in [9.17, 15) is 26.2 Å². The first-order chi connectivity index (χ1) is 15.2. The third-order valence-corrected chi connectivity index (χ3v) is 7.40. The van der Waals surface area contributed by atoms with E-state index < -0.39 is 54.6 Å². The molecule has 182 valence electrons. The SMILES string of the molecule is CC(C)(C)OC(=O)N1CCC(C2=NC(COc3cc(F)c(S(C)(=O)=O)cc3F)=CS2=O)CC1. The second-order valence-electron chi connectivity index (χ2n) is 8.87. The van der Waals surface area contributed by atoms with Crippen molar-refractivity contribution in [2.24, 2.45) is 10.9 Å². The number of halogens is 2. The van der Waals surface area contributed by atoms with Gasteiger partial charge in [-0.3, -0.25) is 0 Å².